The molecule has 1 rings (SSSR count). The van der Waals surface area contributed by atoms with Crippen molar-refractivity contribution >= 4 is 10.0 Å². The zero-order valence-electron chi connectivity index (χ0n) is 13.0. The Balaban J connectivity index is 3.66. The summed E-state index contributed by atoms with van der Waals surface area (Å²) in [6.45, 7) is 5.30. The van der Waals surface area contributed by atoms with Crippen molar-refractivity contribution < 1.29 is 8.42 Å². The molecule has 0 aliphatic heterocycles. The minimum atomic E-state index is -4.05. The summed E-state index contributed by atoms with van der Waals surface area (Å²) in [5.74, 6) is 0. The normalized spacial score (nSPS) is 12.9. The fourth-order valence-corrected chi connectivity index (χ4v) is 4.05. The number of hydrogen-bond acceptors (Lipinski definition) is 5. The van der Waals surface area contributed by atoms with Gasteiger partial charge >= 0.3 is 5.69 Å². The number of rotatable bonds is 5. The van der Waals surface area contributed by atoms with E-state index < -0.39 is 31.7 Å². The first kappa shape index (κ1) is 17.6. The highest BCUT2D eigenvalue weighted by molar-refractivity contribution is 7.89. The number of aromatic nitrogens is 2. The molecule has 0 spiro atoms. The molecule has 0 atom stereocenters. The zero-order chi connectivity index (χ0) is 16.6. The first-order valence-electron chi connectivity index (χ1n) is 6.50. The summed E-state index contributed by atoms with van der Waals surface area (Å²) < 4.78 is 28.5. The second-order valence-electron chi connectivity index (χ2n) is 5.44. The Labute approximate surface area is 123 Å². The molecular formula is C12H22N4O4S. The lowest BCUT2D eigenvalue weighted by Gasteiger charge is -2.35. The van der Waals surface area contributed by atoms with Crippen LogP contribution in [0.15, 0.2) is 20.7 Å². The van der Waals surface area contributed by atoms with Gasteiger partial charge in [0.2, 0.25) is 0 Å². The van der Waals surface area contributed by atoms with Crippen LogP contribution in [0.2, 0.25) is 0 Å². The molecule has 0 fully saturated rings. The Hall–Kier alpha value is -1.45. The average Bonchev–Trinajstić information content (AvgIpc) is 2.40. The Bertz CT molecular complexity index is 746. The molecule has 2 N–H and O–H groups in total. The van der Waals surface area contributed by atoms with Crippen molar-refractivity contribution in [2.24, 2.45) is 19.8 Å². The summed E-state index contributed by atoms with van der Waals surface area (Å²) in [5, 5.41) is 0. The molecule has 0 aromatic carbocycles. The van der Waals surface area contributed by atoms with Crippen molar-refractivity contribution in [3.8, 4) is 0 Å². The van der Waals surface area contributed by atoms with Crippen LogP contribution in [-0.4, -0.2) is 40.5 Å². The summed E-state index contributed by atoms with van der Waals surface area (Å²) >= 11 is 0. The molecule has 21 heavy (non-hydrogen) atoms. The second-order valence-corrected chi connectivity index (χ2v) is 7.27. The van der Waals surface area contributed by atoms with Gasteiger partial charge in [-0.15, -0.1) is 0 Å². The van der Waals surface area contributed by atoms with E-state index in [0.717, 1.165) is 15.3 Å². The van der Waals surface area contributed by atoms with Gasteiger partial charge in [-0.2, -0.15) is 4.31 Å². The fraction of sp³-hybridized carbons (Fsp3) is 0.667. The predicted molar refractivity (Wildman–Crippen MR) is 79.6 cm³/mol. The van der Waals surface area contributed by atoms with Gasteiger partial charge in [0.05, 0.1) is 0 Å². The molecule has 0 aliphatic carbocycles. The number of sulfonamides is 1. The topological polar surface area (TPSA) is 107 Å². The van der Waals surface area contributed by atoms with Gasteiger partial charge in [-0.25, -0.2) is 13.2 Å². The van der Waals surface area contributed by atoms with Crippen LogP contribution in [0.5, 0.6) is 0 Å². The SMILES string of the molecule is CCN(C(C)(C)CN)S(=O)(=O)c1cn(C)c(=O)n(C)c1=O. The molecule has 0 radical (unpaired) electrons. The summed E-state index contributed by atoms with van der Waals surface area (Å²) in [7, 11) is -1.41. The molecule has 1 aromatic heterocycles. The number of hydrogen-bond donors (Lipinski definition) is 1. The largest absolute Gasteiger partial charge is 0.330 e. The van der Waals surface area contributed by atoms with Gasteiger partial charge in [0, 0.05) is 38.9 Å². The van der Waals surface area contributed by atoms with E-state index in [4.69, 9.17) is 5.73 Å². The second kappa shape index (κ2) is 5.74. The van der Waals surface area contributed by atoms with Gasteiger partial charge in [0.15, 0.2) is 4.90 Å². The van der Waals surface area contributed by atoms with Crippen LogP contribution >= 0.6 is 0 Å². The Kier molecular flexibility index (Phi) is 4.81. The minimum absolute atomic E-state index is 0.103. The van der Waals surface area contributed by atoms with Gasteiger partial charge in [0.25, 0.3) is 15.6 Å². The number of aryl methyl sites for hydroxylation is 1. The van der Waals surface area contributed by atoms with Crippen LogP contribution in [0.1, 0.15) is 20.8 Å². The predicted octanol–water partition coefficient (Wildman–Crippen LogP) is -1.17. The van der Waals surface area contributed by atoms with Crippen LogP contribution in [0.25, 0.3) is 0 Å². The van der Waals surface area contributed by atoms with Crippen LogP contribution in [0.3, 0.4) is 0 Å². The average molecular weight is 318 g/mol. The van der Waals surface area contributed by atoms with Gasteiger partial charge < -0.3 is 10.3 Å². The quantitative estimate of drug-likeness (QED) is 0.736. The molecule has 0 aliphatic rings. The number of likely N-dealkylation sites (N-methyl/N-ethyl adjacent to an activating group) is 1. The highest BCUT2D eigenvalue weighted by Gasteiger charge is 2.37. The van der Waals surface area contributed by atoms with Gasteiger partial charge in [-0.1, -0.05) is 6.92 Å². The van der Waals surface area contributed by atoms with Crippen molar-refractivity contribution in [1.82, 2.24) is 13.4 Å². The van der Waals surface area contributed by atoms with Crippen LogP contribution in [0, 0.1) is 0 Å². The van der Waals surface area contributed by atoms with E-state index in [1.54, 1.807) is 20.8 Å². The van der Waals surface area contributed by atoms with Crippen molar-refractivity contribution in [3.05, 3.63) is 27.0 Å². The molecule has 9 heteroatoms. The van der Waals surface area contributed by atoms with E-state index in [9.17, 15) is 18.0 Å². The van der Waals surface area contributed by atoms with Crippen molar-refractivity contribution in [2.75, 3.05) is 13.1 Å². The van der Waals surface area contributed by atoms with Crippen LogP contribution < -0.4 is 17.0 Å². The van der Waals surface area contributed by atoms with Gasteiger partial charge in [-0.3, -0.25) is 9.36 Å². The molecule has 0 bridgehead atoms. The summed E-state index contributed by atoms with van der Waals surface area (Å²) in [5.41, 5.74) is 3.37. The highest BCUT2D eigenvalue weighted by Crippen LogP contribution is 2.21. The Morgan fingerprint density at radius 1 is 1.29 bits per heavy atom. The maximum Gasteiger partial charge on any atom is 0.330 e. The van der Waals surface area contributed by atoms with Gasteiger partial charge in [0.1, 0.15) is 0 Å². The molecule has 1 aromatic rings. The molecular weight excluding hydrogens is 296 g/mol. The Morgan fingerprint density at radius 3 is 2.24 bits per heavy atom. The molecule has 8 nitrogen and oxygen atoms in total. The summed E-state index contributed by atoms with van der Waals surface area (Å²) in [6.07, 6.45) is 1.05. The maximum atomic E-state index is 12.7. The first-order valence-corrected chi connectivity index (χ1v) is 7.94. The zero-order valence-corrected chi connectivity index (χ0v) is 13.8. The lowest BCUT2D eigenvalue weighted by atomic mass is 10.1. The lowest BCUT2D eigenvalue weighted by molar-refractivity contribution is 0.243. The molecule has 0 saturated carbocycles. The lowest BCUT2D eigenvalue weighted by Crippen LogP contribution is -2.53. The molecule has 0 unspecified atom stereocenters. The van der Waals surface area contributed by atoms with Gasteiger partial charge in [-0.05, 0) is 13.8 Å². The third-order valence-electron chi connectivity index (χ3n) is 3.44. The maximum absolute atomic E-state index is 12.7. The molecule has 0 saturated heterocycles. The third kappa shape index (κ3) is 2.94. The van der Waals surface area contributed by atoms with Crippen molar-refractivity contribution in [2.45, 2.75) is 31.2 Å². The third-order valence-corrected chi connectivity index (χ3v) is 5.61. The molecule has 1 heterocycles. The monoisotopic (exact) mass is 318 g/mol. The number of nitrogens with zero attached hydrogens (tertiary/aromatic N) is 3. The van der Waals surface area contributed by atoms with E-state index >= 15 is 0 Å². The van der Waals surface area contributed by atoms with Crippen LogP contribution in [-0.2, 0) is 24.1 Å². The van der Waals surface area contributed by atoms with E-state index in [0.29, 0.717) is 0 Å². The van der Waals surface area contributed by atoms with E-state index in [-0.39, 0.29) is 13.1 Å². The van der Waals surface area contributed by atoms with E-state index in [1.807, 2.05) is 0 Å². The van der Waals surface area contributed by atoms with Crippen LogP contribution in [0.4, 0.5) is 0 Å². The first-order chi connectivity index (χ1) is 9.50. The molecule has 0 amide bonds. The standard InChI is InChI=1S/C12H22N4O4S/c1-6-16(12(2,3)8-13)21(19,20)9-7-14(4)11(18)15(5)10(9)17/h7H,6,8,13H2,1-5H3. The fourth-order valence-electron chi connectivity index (χ4n) is 2.10. The van der Waals surface area contributed by atoms with Crippen molar-refractivity contribution in [1.29, 1.82) is 0 Å². The number of nitrogens with two attached hydrogens (primary N) is 1. The van der Waals surface area contributed by atoms with E-state index in [2.05, 4.69) is 0 Å². The highest BCUT2D eigenvalue weighted by atomic mass is 32.2. The van der Waals surface area contributed by atoms with E-state index in [1.165, 1.54) is 18.4 Å². The Morgan fingerprint density at radius 2 is 1.81 bits per heavy atom. The summed E-state index contributed by atoms with van der Waals surface area (Å²) in [4.78, 5) is 23.4. The minimum Gasteiger partial charge on any atom is -0.329 e. The smallest absolute Gasteiger partial charge is 0.329 e. The molecule has 120 valence electrons. The summed E-state index contributed by atoms with van der Waals surface area (Å²) in [6, 6.07) is 0. The van der Waals surface area contributed by atoms with Crippen molar-refractivity contribution in [3.63, 3.8) is 0 Å².